The lowest BCUT2D eigenvalue weighted by molar-refractivity contribution is -0.116. The molecule has 0 aliphatic heterocycles. The average Bonchev–Trinajstić information content (AvgIpc) is 2.62. The number of benzene rings is 2. The Bertz CT molecular complexity index is 804. The summed E-state index contributed by atoms with van der Waals surface area (Å²) in [6.07, 6.45) is 0. The number of anilines is 2. The molecule has 0 spiro atoms. The molecule has 1 amide bonds. The van der Waals surface area contributed by atoms with E-state index < -0.39 is 5.82 Å². The van der Waals surface area contributed by atoms with Crippen molar-refractivity contribution in [2.75, 3.05) is 30.8 Å². The molecule has 0 atom stereocenters. The summed E-state index contributed by atoms with van der Waals surface area (Å²) in [6.45, 7) is 2.46. The van der Waals surface area contributed by atoms with Crippen LogP contribution in [0.3, 0.4) is 0 Å². The quantitative estimate of drug-likeness (QED) is 0.720. The van der Waals surface area contributed by atoms with Gasteiger partial charge in [-0.1, -0.05) is 17.7 Å². The Morgan fingerprint density at radius 2 is 1.96 bits per heavy atom. The van der Waals surface area contributed by atoms with Crippen molar-refractivity contribution in [2.45, 2.75) is 6.92 Å². The van der Waals surface area contributed by atoms with E-state index in [-0.39, 0.29) is 17.5 Å². The molecule has 0 saturated heterocycles. The van der Waals surface area contributed by atoms with Gasteiger partial charge in [-0.3, -0.25) is 4.79 Å². The molecule has 26 heavy (non-hydrogen) atoms. The zero-order valence-corrected chi connectivity index (χ0v) is 16.0. The highest BCUT2D eigenvalue weighted by molar-refractivity contribution is 7.80. The fourth-order valence-electron chi connectivity index (χ4n) is 2.18. The van der Waals surface area contributed by atoms with Crippen LogP contribution in [0.25, 0.3) is 0 Å². The number of halogens is 2. The average molecular weight is 396 g/mol. The molecular formula is C18H19ClFN3O2S. The number of methoxy groups -OCH3 is 1. The summed E-state index contributed by atoms with van der Waals surface area (Å²) >= 11 is 11.1. The molecule has 138 valence electrons. The van der Waals surface area contributed by atoms with E-state index >= 15 is 0 Å². The van der Waals surface area contributed by atoms with E-state index in [0.717, 1.165) is 0 Å². The molecule has 0 fully saturated rings. The SMILES string of the molecule is CCN(CC(=O)Nc1cccc(OC)c1)C(=S)Nc1ccc(F)c(Cl)c1. The van der Waals surface area contributed by atoms with E-state index in [1.54, 1.807) is 36.3 Å². The van der Waals surface area contributed by atoms with E-state index in [2.05, 4.69) is 10.6 Å². The number of carbonyl (C=O) groups is 1. The van der Waals surface area contributed by atoms with Crippen molar-refractivity contribution >= 4 is 46.2 Å². The van der Waals surface area contributed by atoms with Gasteiger partial charge in [-0.2, -0.15) is 0 Å². The molecule has 0 heterocycles. The van der Waals surface area contributed by atoms with Crippen molar-refractivity contribution < 1.29 is 13.9 Å². The highest BCUT2D eigenvalue weighted by Crippen LogP contribution is 2.20. The number of nitrogens with one attached hydrogen (secondary N) is 2. The van der Waals surface area contributed by atoms with E-state index in [9.17, 15) is 9.18 Å². The number of amides is 1. The van der Waals surface area contributed by atoms with Crippen LogP contribution in [0.2, 0.25) is 5.02 Å². The van der Waals surface area contributed by atoms with E-state index in [1.165, 1.54) is 18.2 Å². The van der Waals surface area contributed by atoms with Crippen molar-refractivity contribution in [1.82, 2.24) is 4.90 Å². The molecule has 5 nitrogen and oxygen atoms in total. The van der Waals surface area contributed by atoms with Gasteiger partial charge in [0.25, 0.3) is 0 Å². The Labute approximate surface area is 162 Å². The number of nitrogens with zero attached hydrogens (tertiary/aromatic N) is 1. The van der Waals surface area contributed by atoms with Crippen LogP contribution in [0.5, 0.6) is 5.75 Å². The molecule has 0 aromatic heterocycles. The van der Waals surface area contributed by atoms with E-state index in [4.69, 9.17) is 28.6 Å². The molecule has 0 radical (unpaired) electrons. The zero-order valence-electron chi connectivity index (χ0n) is 14.4. The highest BCUT2D eigenvalue weighted by Gasteiger charge is 2.13. The van der Waals surface area contributed by atoms with Gasteiger partial charge < -0.3 is 20.3 Å². The first-order valence-corrected chi connectivity index (χ1v) is 8.66. The summed E-state index contributed by atoms with van der Waals surface area (Å²) in [4.78, 5) is 14.0. The normalized spacial score (nSPS) is 10.2. The first-order valence-electron chi connectivity index (χ1n) is 7.87. The van der Waals surface area contributed by atoms with Crippen LogP contribution in [0, 0.1) is 5.82 Å². The van der Waals surface area contributed by atoms with Crippen molar-refractivity contribution in [3.8, 4) is 5.75 Å². The van der Waals surface area contributed by atoms with Crippen LogP contribution in [0.4, 0.5) is 15.8 Å². The van der Waals surface area contributed by atoms with Gasteiger partial charge in [0.15, 0.2) is 5.11 Å². The van der Waals surface area contributed by atoms with Gasteiger partial charge in [0.2, 0.25) is 5.91 Å². The lowest BCUT2D eigenvalue weighted by Gasteiger charge is -2.24. The molecule has 2 aromatic carbocycles. The Balaban J connectivity index is 1.97. The molecule has 0 saturated carbocycles. The first kappa shape index (κ1) is 19.9. The number of hydrogen-bond donors (Lipinski definition) is 2. The summed E-state index contributed by atoms with van der Waals surface area (Å²) in [7, 11) is 1.56. The number of likely N-dealkylation sites (N-methyl/N-ethyl adjacent to an activating group) is 1. The predicted octanol–water partition coefficient (Wildman–Crippen LogP) is 4.15. The number of thiocarbonyl (C=S) groups is 1. The highest BCUT2D eigenvalue weighted by atomic mass is 35.5. The molecule has 2 aromatic rings. The van der Waals surface area contributed by atoms with Gasteiger partial charge in [-0.05, 0) is 49.5 Å². The summed E-state index contributed by atoms with van der Waals surface area (Å²) in [6, 6.07) is 11.3. The molecule has 2 rings (SSSR count). The predicted molar refractivity (Wildman–Crippen MR) is 107 cm³/mol. The lowest BCUT2D eigenvalue weighted by Crippen LogP contribution is -2.40. The molecule has 2 N–H and O–H groups in total. The van der Waals surface area contributed by atoms with Gasteiger partial charge >= 0.3 is 0 Å². The van der Waals surface area contributed by atoms with Gasteiger partial charge in [0.1, 0.15) is 11.6 Å². The van der Waals surface area contributed by atoms with Crippen LogP contribution in [-0.4, -0.2) is 36.1 Å². The number of carbonyl (C=O) groups excluding carboxylic acids is 1. The molecule has 0 aliphatic carbocycles. The summed E-state index contributed by atoms with van der Waals surface area (Å²) in [5.74, 6) is -0.0740. The topological polar surface area (TPSA) is 53.6 Å². The molecule has 0 aliphatic rings. The Morgan fingerprint density at radius 3 is 2.62 bits per heavy atom. The lowest BCUT2D eigenvalue weighted by atomic mass is 10.3. The Hall–Kier alpha value is -2.38. The monoisotopic (exact) mass is 395 g/mol. The maximum Gasteiger partial charge on any atom is 0.243 e. The second-order valence-corrected chi connectivity index (χ2v) is 6.15. The largest absolute Gasteiger partial charge is 0.497 e. The minimum atomic E-state index is -0.506. The van der Waals surface area contributed by atoms with Gasteiger partial charge in [0, 0.05) is 24.0 Å². The third-order valence-corrected chi connectivity index (χ3v) is 4.18. The number of ether oxygens (including phenoxy) is 1. The minimum absolute atomic E-state index is 0.00313. The third kappa shape index (κ3) is 5.57. The van der Waals surface area contributed by atoms with Crippen molar-refractivity contribution in [2.24, 2.45) is 0 Å². The molecule has 8 heteroatoms. The van der Waals surface area contributed by atoms with Crippen molar-refractivity contribution in [3.05, 3.63) is 53.3 Å². The Kier molecular flexibility index (Phi) is 7.17. The second kappa shape index (κ2) is 9.35. The fourth-order valence-corrected chi connectivity index (χ4v) is 2.67. The van der Waals surface area contributed by atoms with Gasteiger partial charge in [-0.15, -0.1) is 0 Å². The van der Waals surface area contributed by atoms with Gasteiger partial charge in [0.05, 0.1) is 18.7 Å². The summed E-state index contributed by atoms with van der Waals surface area (Å²) < 4.78 is 18.4. The van der Waals surface area contributed by atoms with Gasteiger partial charge in [-0.25, -0.2) is 4.39 Å². The van der Waals surface area contributed by atoms with Crippen molar-refractivity contribution in [1.29, 1.82) is 0 Å². The van der Waals surface area contributed by atoms with Crippen LogP contribution in [0.15, 0.2) is 42.5 Å². The maximum absolute atomic E-state index is 13.2. The van der Waals surface area contributed by atoms with Crippen LogP contribution in [-0.2, 0) is 4.79 Å². The zero-order chi connectivity index (χ0) is 19.1. The summed E-state index contributed by atoms with van der Waals surface area (Å²) in [5, 5.41) is 6.09. The second-order valence-electron chi connectivity index (χ2n) is 5.35. The smallest absolute Gasteiger partial charge is 0.243 e. The standard InChI is InChI=1S/C18H19ClFN3O2S/c1-3-23(18(26)22-13-7-8-16(20)15(19)10-13)11-17(24)21-12-5-4-6-14(9-12)25-2/h4-10H,3,11H2,1-2H3,(H,21,24)(H,22,26). The van der Waals surface area contributed by atoms with Crippen molar-refractivity contribution in [3.63, 3.8) is 0 Å². The third-order valence-electron chi connectivity index (χ3n) is 3.53. The van der Waals surface area contributed by atoms with Crippen LogP contribution in [0.1, 0.15) is 6.92 Å². The number of hydrogen-bond acceptors (Lipinski definition) is 3. The summed E-state index contributed by atoms with van der Waals surface area (Å²) in [5.41, 5.74) is 1.18. The molecule has 0 unspecified atom stereocenters. The van der Waals surface area contributed by atoms with Crippen LogP contribution < -0.4 is 15.4 Å². The van der Waals surface area contributed by atoms with E-state index in [1.807, 2.05) is 6.92 Å². The Morgan fingerprint density at radius 1 is 1.23 bits per heavy atom. The molecular weight excluding hydrogens is 377 g/mol. The van der Waals surface area contributed by atoms with Crippen LogP contribution >= 0.6 is 23.8 Å². The molecule has 0 bridgehead atoms. The van der Waals surface area contributed by atoms with E-state index in [0.29, 0.717) is 28.8 Å². The number of rotatable bonds is 6. The first-order chi connectivity index (χ1) is 12.4. The minimum Gasteiger partial charge on any atom is -0.497 e. The maximum atomic E-state index is 13.2. The fraction of sp³-hybridized carbons (Fsp3) is 0.222.